The Morgan fingerprint density at radius 3 is 2.64 bits per heavy atom. The lowest BCUT2D eigenvalue weighted by Gasteiger charge is -2.21. The summed E-state index contributed by atoms with van der Waals surface area (Å²) in [7, 11) is 1.64. The first-order chi connectivity index (χ1) is 12.1. The topological polar surface area (TPSA) is 55.6 Å². The number of pyridine rings is 1. The zero-order valence-corrected chi connectivity index (χ0v) is 14.8. The van der Waals surface area contributed by atoms with Crippen LogP contribution in [0.5, 0.6) is 5.75 Å². The number of methoxy groups -OCH3 is 1. The Morgan fingerprint density at radius 1 is 1.20 bits per heavy atom. The second-order valence-corrected chi connectivity index (χ2v) is 6.38. The van der Waals surface area contributed by atoms with Gasteiger partial charge in [-0.15, -0.1) is 0 Å². The molecule has 2 aromatic heterocycles. The minimum Gasteiger partial charge on any atom is -0.497 e. The number of nitrogens with one attached hydrogen (secondary N) is 1. The molecule has 3 aromatic rings. The normalized spacial score (nSPS) is 12.3. The lowest BCUT2D eigenvalue weighted by atomic mass is 9.87. The summed E-state index contributed by atoms with van der Waals surface area (Å²) in [5.74, 6) is 1.59. The SMILES string of the molecule is COc1ccc(C(C(=O)NCc2ncc3ccccn23)C(C)C)cc1. The van der Waals surface area contributed by atoms with Gasteiger partial charge >= 0.3 is 0 Å². The molecule has 0 radical (unpaired) electrons. The molecule has 25 heavy (non-hydrogen) atoms. The number of hydrogen-bond acceptors (Lipinski definition) is 3. The van der Waals surface area contributed by atoms with E-state index in [1.807, 2.05) is 59.3 Å². The predicted octanol–water partition coefficient (Wildman–Crippen LogP) is 3.40. The Bertz CT molecular complexity index is 853. The van der Waals surface area contributed by atoms with E-state index < -0.39 is 0 Å². The number of ether oxygens (including phenoxy) is 1. The second kappa shape index (κ2) is 7.38. The van der Waals surface area contributed by atoms with Gasteiger partial charge in [0.05, 0.1) is 31.3 Å². The number of imidazole rings is 1. The van der Waals surface area contributed by atoms with Gasteiger partial charge in [0, 0.05) is 6.20 Å². The van der Waals surface area contributed by atoms with Crippen molar-refractivity contribution in [2.75, 3.05) is 7.11 Å². The zero-order valence-electron chi connectivity index (χ0n) is 14.8. The lowest BCUT2D eigenvalue weighted by Crippen LogP contribution is -2.32. The van der Waals surface area contributed by atoms with Gasteiger partial charge in [-0.3, -0.25) is 4.79 Å². The maximum absolute atomic E-state index is 12.8. The van der Waals surface area contributed by atoms with Gasteiger partial charge in [-0.2, -0.15) is 0 Å². The summed E-state index contributed by atoms with van der Waals surface area (Å²) in [6.07, 6.45) is 3.76. The monoisotopic (exact) mass is 337 g/mol. The number of carbonyl (C=O) groups is 1. The van der Waals surface area contributed by atoms with Gasteiger partial charge in [-0.1, -0.05) is 32.0 Å². The minimum atomic E-state index is -0.211. The van der Waals surface area contributed by atoms with E-state index in [-0.39, 0.29) is 17.7 Å². The molecule has 1 atom stereocenters. The highest BCUT2D eigenvalue weighted by Gasteiger charge is 2.24. The number of fused-ring (bicyclic) bond motifs is 1. The maximum atomic E-state index is 12.8. The highest BCUT2D eigenvalue weighted by atomic mass is 16.5. The Morgan fingerprint density at radius 2 is 1.96 bits per heavy atom. The molecule has 0 fully saturated rings. The molecule has 130 valence electrons. The fourth-order valence-corrected chi connectivity index (χ4v) is 3.06. The van der Waals surface area contributed by atoms with Crippen molar-refractivity contribution in [2.45, 2.75) is 26.3 Å². The summed E-state index contributed by atoms with van der Waals surface area (Å²) >= 11 is 0. The molecule has 3 rings (SSSR count). The molecule has 0 bridgehead atoms. The third-order valence-corrected chi connectivity index (χ3v) is 4.36. The van der Waals surface area contributed by atoms with E-state index in [1.54, 1.807) is 7.11 Å². The van der Waals surface area contributed by atoms with Crippen LogP contribution in [0.2, 0.25) is 0 Å². The molecule has 1 amide bonds. The van der Waals surface area contributed by atoms with Crippen LogP contribution < -0.4 is 10.1 Å². The van der Waals surface area contributed by atoms with E-state index in [1.165, 1.54) is 0 Å². The van der Waals surface area contributed by atoms with E-state index in [9.17, 15) is 4.79 Å². The largest absolute Gasteiger partial charge is 0.497 e. The summed E-state index contributed by atoms with van der Waals surface area (Å²) in [5.41, 5.74) is 2.00. The quantitative estimate of drug-likeness (QED) is 0.750. The highest BCUT2D eigenvalue weighted by molar-refractivity contribution is 5.83. The van der Waals surface area contributed by atoms with Crippen LogP contribution >= 0.6 is 0 Å². The van der Waals surface area contributed by atoms with Crippen molar-refractivity contribution in [1.82, 2.24) is 14.7 Å². The van der Waals surface area contributed by atoms with E-state index in [0.29, 0.717) is 6.54 Å². The van der Waals surface area contributed by atoms with Crippen LogP contribution in [0.15, 0.2) is 54.9 Å². The van der Waals surface area contributed by atoms with Gasteiger partial charge < -0.3 is 14.5 Å². The van der Waals surface area contributed by atoms with E-state index in [4.69, 9.17) is 4.74 Å². The average Bonchev–Trinajstić information content (AvgIpc) is 3.03. The Labute approximate surface area is 147 Å². The summed E-state index contributed by atoms with van der Waals surface area (Å²) in [5, 5.41) is 3.03. The number of aromatic nitrogens is 2. The van der Waals surface area contributed by atoms with Crippen LogP contribution in [0, 0.1) is 5.92 Å². The first kappa shape index (κ1) is 17.0. The van der Waals surface area contributed by atoms with Crippen LogP contribution in [0.25, 0.3) is 5.52 Å². The molecule has 2 heterocycles. The van der Waals surface area contributed by atoms with Crippen molar-refractivity contribution >= 4 is 11.4 Å². The van der Waals surface area contributed by atoms with Gasteiger partial charge in [0.2, 0.25) is 5.91 Å². The molecule has 5 nitrogen and oxygen atoms in total. The van der Waals surface area contributed by atoms with Crippen molar-refractivity contribution in [2.24, 2.45) is 5.92 Å². The molecule has 0 saturated heterocycles. The van der Waals surface area contributed by atoms with Gasteiger partial charge in [0.15, 0.2) is 0 Å². The smallest absolute Gasteiger partial charge is 0.228 e. The third kappa shape index (κ3) is 3.65. The number of benzene rings is 1. The first-order valence-corrected chi connectivity index (χ1v) is 8.42. The van der Waals surface area contributed by atoms with Gasteiger partial charge in [-0.25, -0.2) is 4.98 Å². The molecular formula is C20H23N3O2. The van der Waals surface area contributed by atoms with Crippen molar-refractivity contribution in [1.29, 1.82) is 0 Å². The van der Waals surface area contributed by atoms with Crippen molar-refractivity contribution in [3.63, 3.8) is 0 Å². The third-order valence-electron chi connectivity index (χ3n) is 4.36. The fraction of sp³-hybridized carbons (Fsp3) is 0.300. The summed E-state index contributed by atoms with van der Waals surface area (Å²) in [6, 6.07) is 13.6. The van der Waals surface area contributed by atoms with Crippen LogP contribution in [0.4, 0.5) is 0 Å². The fourth-order valence-electron chi connectivity index (χ4n) is 3.06. The zero-order chi connectivity index (χ0) is 17.8. The molecule has 0 aliphatic rings. The first-order valence-electron chi connectivity index (χ1n) is 8.42. The molecule has 0 aliphatic heterocycles. The van der Waals surface area contributed by atoms with Crippen LogP contribution in [0.3, 0.4) is 0 Å². The van der Waals surface area contributed by atoms with Gasteiger partial charge in [0.1, 0.15) is 11.6 Å². The highest BCUT2D eigenvalue weighted by Crippen LogP contribution is 2.26. The molecule has 1 unspecified atom stereocenters. The Balaban J connectivity index is 1.74. The predicted molar refractivity (Wildman–Crippen MR) is 97.6 cm³/mol. The van der Waals surface area contributed by atoms with Gasteiger partial charge in [0.25, 0.3) is 0 Å². The van der Waals surface area contributed by atoms with Crippen molar-refractivity contribution in [3.05, 3.63) is 66.2 Å². The van der Waals surface area contributed by atoms with Crippen LogP contribution in [-0.2, 0) is 11.3 Å². The molecule has 0 aliphatic carbocycles. The van der Waals surface area contributed by atoms with E-state index in [2.05, 4.69) is 24.1 Å². The molecule has 1 aromatic carbocycles. The average molecular weight is 337 g/mol. The molecule has 5 heteroatoms. The summed E-state index contributed by atoms with van der Waals surface area (Å²) in [6.45, 7) is 4.51. The summed E-state index contributed by atoms with van der Waals surface area (Å²) < 4.78 is 7.18. The second-order valence-electron chi connectivity index (χ2n) is 6.38. The standard InChI is InChI=1S/C20H23N3O2/c1-14(2)19(15-7-9-17(25-3)10-8-15)20(24)22-13-18-21-12-16-6-4-5-11-23(16)18/h4-12,14,19H,13H2,1-3H3,(H,22,24). The van der Waals surface area contributed by atoms with Crippen LogP contribution in [0.1, 0.15) is 31.2 Å². The van der Waals surface area contributed by atoms with E-state index in [0.717, 1.165) is 22.7 Å². The molecule has 0 spiro atoms. The number of nitrogens with zero attached hydrogens (tertiary/aromatic N) is 2. The minimum absolute atomic E-state index is 0.00727. The maximum Gasteiger partial charge on any atom is 0.228 e. The van der Waals surface area contributed by atoms with E-state index >= 15 is 0 Å². The Kier molecular flexibility index (Phi) is 5.03. The lowest BCUT2D eigenvalue weighted by molar-refractivity contribution is -0.123. The molecule has 0 saturated carbocycles. The Hall–Kier alpha value is -2.82. The summed E-state index contributed by atoms with van der Waals surface area (Å²) in [4.78, 5) is 17.2. The van der Waals surface area contributed by atoms with Gasteiger partial charge in [-0.05, 0) is 35.7 Å². The number of hydrogen-bond donors (Lipinski definition) is 1. The van der Waals surface area contributed by atoms with Crippen molar-refractivity contribution < 1.29 is 9.53 Å². The van der Waals surface area contributed by atoms with Crippen LogP contribution in [-0.4, -0.2) is 22.4 Å². The number of rotatable bonds is 6. The number of carbonyl (C=O) groups excluding carboxylic acids is 1. The number of amides is 1. The van der Waals surface area contributed by atoms with Crippen molar-refractivity contribution in [3.8, 4) is 5.75 Å². The molecule has 1 N–H and O–H groups in total. The molecular weight excluding hydrogens is 314 g/mol.